The number of likely N-dealkylation sites (tertiary alicyclic amines) is 1. The van der Waals surface area contributed by atoms with Crippen LogP contribution < -0.4 is 10.1 Å². The number of methoxy groups -OCH3 is 1. The first kappa shape index (κ1) is 21.6. The van der Waals surface area contributed by atoms with Gasteiger partial charge in [0.1, 0.15) is 11.4 Å². The van der Waals surface area contributed by atoms with Gasteiger partial charge in [0, 0.05) is 25.2 Å². The second kappa shape index (κ2) is 8.73. The quantitative estimate of drug-likeness (QED) is 0.824. The lowest BCUT2D eigenvalue weighted by molar-refractivity contribution is 0.0473. The molecule has 0 unspecified atom stereocenters. The molecule has 30 heavy (non-hydrogen) atoms. The monoisotopic (exact) mass is 415 g/mol. The second-order valence-corrected chi connectivity index (χ2v) is 8.35. The lowest BCUT2D eigenvalue weighted by atomic mass is 10.0. The van der Waals surface area contributed by atoms with Crippen molar-refractivity contribution in [2.45, 2.75) is 52.2 Å². The van der Waals surface area contributed by atoms with E-state index in [-0.39, 0.29) is 11.9 Å². The maximum atomic E-state index is 13.0. The van der Waals surface area contributed by atoms with E-state index in [1.54, 1.807) is 16.7 Å². The zero-order valence-electron chi connectivity index (χ0n) is 18.1. The largest absolute Gasteiger partial charge is 0.497 e. The Morgan fingerprint density at radius 2 is 1.90 bits per heavy atom. The number of hydrogen-bond donors (Lipinski definition) is 1. The van der Waals surface area contributed by atoms with Gasteiger partial charge in [-0.15, -0.1) is 5.10 Å². The van der Waals surface area contributed by atoms with Crippen molar-refractivity contribution in [3.05, 3.63) is 35.7 Å². The summed E-state index contributed by atoms with van der Waals surface area (Å²) in [5, 5.41) is 11.2. The van der Waals surface area contributed by atoms with Crippen LogP contribution in [0.5, 0.6) is 5.75 Å². The van der Waals surface area contributed by atoms with Crippen LogP contribution in [0.25, 0.3) is 5.69 Å². The summed E-state index contributed by atoms with van der Waals surface area (Å²) >= 11 is 0. The van der Waals surface area contributed by atoms with Gasteiger partial charge >= 0.3 is 6.09 Å². The zero-order chi connectivity index (χ0) is 21.9. The van der Waals surface area contributed by atoms with Crippen molar-refractivity contribution in [1.29, 1.82) is 0 Å². The van der Waals surface area contributed by atoms with Gasteiger partial charge in [0.2, 0.25) is 0 Å². The van der Waals surface area contributed by atoms with Crippen molar-refractivity contribution in [3.8, 4) is 11.4 Å². The molecule has 0 radical (unpaired) electrons. The lowest BCUT2D eigenvalue weighted by Gasteiger charge is -2.32. The van der Waals surface area contributed by atoms with Gasteiger partial charge < -0.3 is 19.7 Å². The van der Waals surface area contributed by atoms with Crippen molar-refractivity contribution >= 4 is 12.0 Å². The highest BCUT2D eigenvalue weighted by Crippen LogP contribution is 2.20. The Balaban J connectivity index is 1.62. The summed E-state index contributed by atoms with van der Waals surface area (Å²) in [6, 6.07) is 7.41. The van der Waals surface area contributed by atoms with E-state index in [0.717, 1.165) is 5.69 Å². The number of ether oxygens (including phenoxy) is 2. The fourth-order valence-electron chi connectivity index (χ4n) is 3.37. The van der Waals surface area contributed by atoms with Crippen LogP contribution in [0.1, 0.15) is 49.8 Å². The maximum absolute atomic E-state index is 13.0. The van der Waals surface area contributed by atoms with Crippen molar-refractivity contribution in [1.82, 2.24) is 25.2 Å². The number of nitrogens with zero attached hydrogens (tertiary/aromatic N) is 4. The number of carbonyl (C=O) groups excluding carboxylic acids is 2. The molecule has 1 aromatic carbocycles. The molecule has 0 spiro atoms. The van der Waals surface area contributed by atoms with E-state index in [2.05, 4.69) is 15.6 Å². The van der Waals surface area contributed by atoms with Crippen LogP contribution in [0.4, 0.5) is 4.79 Å². The van der Waals surface area contributed by atoms with Crippen LogP contribution in [-0.2, 0) is 4.74 Å². The van der Waals surface area contributed by atoms with Crippen LogP contribution >= 0.6 is 0 Å². The van der Waals surface area contributed by atoms with Gasteiger partial charge in [-0.1, -0.05) is 11.3 Å². The van der Waals surface area contributed by atoms with Crippen molar-refractivity contribution in [2.24, 2.45) is 0 Å². The summed E-state index contributed by atoms with van der Waals surface area (Å²) in [6.45, 7) is 8.37. The minimum atomic E-state index is -0.535. The number of nitrogens with one attached hydrogen (secondary N) is 1. The molecule has 0 atom stereocenters. The average Bonchev–Trinajstić information content (AvgIpc) is 3.08. The summed E-state index contributed by atoms with van der Waals surface area (Å²) in [4.78, 5) is 26.7. The molecule has 1 saturated heterocycles. The van der Waals surface area contributed by atoms with Gasteiger partial charge in [-0.2, -0.15) is 0 Å². The zero-order valence-corrected chi connectivity index (χ0v) is 18.1. The predicted molar refractivity (Wildman–Crippen MR) is 111 cm³/mol. The molecular weight excluding hydrogens is 386 g/mol. The molecule has 1 aliphatic rings. The molecule has 9 heteroatoms. The van der Waals surface area contributed by atoms with Crippen LogP contribution in [0.3, 0.4) is 0 Å². The first-order chi connectivity index (χ1) is 14.2. The topological polar surface area (TPSA) is 98.6 Å². The average molecular weight is 415 g/mol. The van der Waals surface area contributed by atoms with Crippen LogP contribution in [0, 0.1) is 6.92 Å². The van der Waals surface area contributed by atoms with Crippen molar-refractivity contribution < 1.29 is 19.1 Å². The van der Waals surface area contributed by atoms with Gasteiger partial charge in [-0.25, -0.2) is 9.48 Å². The van der Waals surface area contributed by atoms with E-state index in [0.29, 0.717) is 43.1 Å². The predicted octanol–water partition coefficient (Wildman–Crippen LogP) is 2.71. The van der Waals surface area contributed by atoms with E-state index in [1.807, 2.05) is 52.0 Å². The van der Waals surface area contributed by atoms with Gasteiger partial charge in [0.25, 0.3) is 5.91 Å². The van der Waals surface area contributed by atoms with Gasteiger partial charge in [0.15, 0.2) is 5.69 Å². The summed E-state index contributed by atoms with van der Waals surface area (Å²) < 4.78 is 12.2. The lowest BCUT2D eigenvalue weighted by Crippen LogP contribution is -2.47. The Morgan fingerprint density at radius 3 is 2.53 bits per heavy atom. The van der Waals surface area contributed by atoms with Crippen molar-refractivity contribution in [2.75, 3.05) is 20.2 Å². The molecule has 0 aliphatic carbocycles. The molecule has 3 rings (SSSR count). The van der Waals surface area contributed by atoms with Crippen LogP contribution in [0.2, 0.25) is 0 Å². The highest BCUT2D eigenvalue weighted by Gasteiger charge is 2.29. The van der Waals surface area contributed by atoms with Crippen molar-refractivity contribution in [3.63, 3.8) is 0 Å². The molecule has 1 aromatic heterocycles. The summed E-state index contributed by atoms with van der Waals surface area (Å²) in [5.41, 5.74) is 1.24. The van der Waals surface area contributed by atoms with Gasteiger partial charge in [-0.05, 0) is 52.7 Å². The summed E-state index contributed by atoms with van der Waals surface area (Å²) in [7, 11) is 1.60. The number of aromatic nitrogens is 3. The number of hydrogen-bond acceptors (Lipinski definition) is 6. The second-order valence-electron chi connectivity index (χ2n) is 8.35. The number of benzene rings is 1. The first-order valence-electron chi connectivity index (χ1n) is 10.0. The molecule has 162 valence electrons. The summed E-state index contributed by atoms with van der Waals surface area (Å²) in [6.07, 6.45) is 0.895. The molecule has 9 nitrogen and oxygen atoms in total. The molecule has 2 aromatic rings. The van der Waals surface area contributed by atoms with Gasteiger partial charge in [0.05, 0.1) is 18.5 Å². The SMILES string of the molecule is COc1cccc(-n2nnc(C(=O)N3CCC(NC(=O)OC(C)(C)C)CC3)c2C)c1. The Labute approximate surface area is 176 Å². The number of carbonyl (C=O) groups is 2. The van der Waals surface area contributed by atoms with E-state index >= 15 is 0 Å². The third-order valence-corrected chi connectivity index (χ3v) is 4.90. The minimum Gasteiger partial charge on any atom is -0.497 e. The molecular formula is C21H29N5O4. The fourth-order valence-corrected chi connectivity index (χ4v) is 3.37. The Hall–Kier alpha value is -3.10. The molecule has 1 aliphatic heterocycles. The third kappa shape index (κ3) is 5.08. The van der Waals surface area contributed by atoms with Crippen LogP contribution in [-0.4, -0.2) is 63.7 Å². The van der Waals surface area contributed by atoms with Crippen LogP contribution in [0.15, 0.2) is 24.3 Å². The number of rotatable bonds is 4. The molecule has 1 N–H and O–H groups in total. The first-order valence-corrected chi connectivity index (χ1v) is 10.0. The van der Waals surface area contributed by atoms with E-state index in [4.69, 9.17) is 9.47 Å². The molecule has 0 bridgehead atoms. The van der Waals surface area contributed by atoms with E-state index < -0.39 is 11.7 Å². The Kier molecular flexibility index (Phi) is 6.28. The highest BCUT2D eigenvalue weighted by molar-refractivity contribution is 5.93. The summed E-state index contributed by atoms with van der Waals surface area (Å²) in [5.74, 6) is 0.548. The molecule has 2 amide bonds. The third-order valence-electron chi connectivity index (χ3n) is 4.90. The van der Waals surface area contributed by atoms with E-state index in [1.165, 1.54) is 0 Å². The molecule has 2 heterocycles. The number of amides is 2. The fraction of sp³-hybridized carbons (Fsp3) is 0.524. The number of alkyl carbamates (subject to hydrolysis) is 1. The van der Waals surface area contributed by atoms with E-state index in [9.17, 15) is 9.59 Å². The normalized spacial score (nSPS) is 15.0. The Morgan fingerprint density at radius 1 is 1.20 bits per heavy atom. The minimum absolute atomic E-state index is 0.0162. The maximum Gasteiger partial charge on any atom is 0.407 e. The highest BCUT2D eigenvalue weighted by atomic mass is 16.6. The Bertz CT molecular complexity index is 910. The molecule has 1 fully saturated rings. The smallest absolute Gasteiger partial charge is 0.407 e. The molecule has 0 saturated carbocycles. The number of piperidine rings is 1. The van der Waals surface area contributed by atoms with Gasteiger partial charge in [-0.3, -0.25) is 4.79 Å². The standard InChI is InChI=1S/C21H29N5O4/c1-14-18(23-24-26(14)16-7-6-8-17(13-16)29-5)19(27)25-11-9-15(10-12-25)22-20(28)30-21(2,3)4/h6-8,13,15H,9-12H2,1-5H3,(H,22,28).